The zero-order valence-electron chi connectivity index (χ0n) is 18.5. The Hall–Kier alpha value is -4.17. The van der Waals surface area contributed by atoms with Crippen LogP contribution in [0.25, 0.3) is 22.4 Å². The second kappa shape index (κ2) is 8.64. The zero-order valence-corrected chi connectivity index (χ0v) is 19.3. The predicted octanol–water partition coefficient (Wildman–Crippen LogP) is 4.53. The first-order valence-electron chi connectivity index (χ1n) is 10.7. The molecule has 0 aliphatic carbocycles. The van der Waals surface area contributed by atoms with E-state index in [-0.39, 0.29) is 5.91 Å². The molecule has 1 atom stereocenters. The lowest BCUT2D eigenvalue weighted by Crippen LogP contribution is -2.34. The van der Waals surface area contributed by atoms with E-state index in [9.17, 15) is 9.59 Å². The first kappa shape index (κ1) is 21.7. The Bertz CT molecular complexity index is 1550. The van der Waals surface area contributed by atoms with E-state index in [1.807, 2.05) is 59.4 Å². The maximum atomic E-state index is 13.7. The number of hydrogen-bond acceptors (Lipinski definition) is 4. The topological polar surface area (TPSA) is 86.7 Å². The number of benzene rings is 2. The van der Waals surface area contributed by atoms with Crippen molar-refractivity contribution >= 4 is 34.1 Å². The molecule has 0 bridgehead atoms. The Morgan fingerprint density at radius 1 is 1.00 bits per heavy atom. The maximum Gasteiger partial charge on any atom is 0.280 e. The number of rotatable bonds is 5. The molecule has 1 amide bonds. The predicted molar refractivity (Wildman–Crippen MR) is 132 cm³/mol. The van der Waals surface area contributed by atoms with Crippen molar-refractivity contribution in [2.75, 3.05) is 5.32 Å². The van der Waals surface area contributed by atoms with E-state index in [1.165, 1.54) is 4.68 Å². The van der Waals surface area contributed by atoms with Gasteiger partial charge in [-0.3, -0.25) is 9.59 Å². The largest absolute Gasteiger partial charge is 0.324 e. The van der Waals surface area contributed by atoms with Crippen molar-refractivity contribution in [1.82, 2.24) is 24.1 Å². The maximum absolute atomic E-state index is 13.7. The fraction of sp³-hybridized carbons (Fsp3) is 0.120. The van der Waals surface area contributed by atoms with Gasteiger partial charge in [0.1, 0.15) is 16.9 Å². The molecule has 0 saturated carbocycles. The highest BCUT2D eigenvalue weighted by molar-refractivity contribution is 6.30. The van der Waals surface area contributed by atoms with Crippen molar-refractivity contribution in [2.45, 2.75) is 19.9 Å². The summed E-state index contributed by atoms with van der Waals surface area (Å²) in [7, 11) is 0. The van der Waals surface area contributed by atoms with Crippen LogP contribution in [0.15, 0.2) is 83.9 Å². The van der Waals surface area contributed by atoms with Gasteiger partial charge in [-0.05, 0) is 56.3 Å². The van der Waals surface area contributed by atoms with Crippen LogP contribution < -0.4 is 10.9 Å². The molecule has 0 spiro atoms. The van der Waals surface area contributed by atoms with Gasteiger partial charge >= 0.3 is 0 Å². The van der Waals surface area contributed by atoms with Gasteiger partial charge in [0.05, 0.1) is 11.4 Å². The van der Waals surface area contributed by atoms with Crippen molar-refractivity contribution in [3.8, 4) is 11.5 Å². The molecule has 5 aromatic rings. The van der Waals surface area contributed by atoms with Crippen molar-refractivity contribution in [3.05, 3.63) is 100 Å². The van der Waals surface area contributed by atoms with E-state index in [4.69, 9.17) is 16.7 Å². The summed E-state index contributed by atoms with van der Waals surface area (Å²) < 4.78 is 4.77. The summed E-state index contributed by atoms with van der Waals surface area (Å²) in [6.45, 7) is 3.41. The number of carbonyl (C=O) groups is 1. The summed E-state index contributed by atoms with van der Waals surface area (Å²) in [6, 6.07) is 19.3. The molecule has 1 N–H and O–H groups in total. The summed E-state index contributed by atoms with van der Waals surface area (Å²) in [6.07, 6.45) is 3.70. The Labute approximate surface area is 200 Å². The van der Waals surface area contributed by atoms with Crippen LogP contribution in [0.4, 0.5) is 5.69 Å². The van der Waals surface area contributed by atoms with Crippen molar-refractivity contribution in [2.24, 2.45) is 0 Å². The molecule has 9 heteroatoms. The Morgan fingerprint density at radius 2 is 1.74 bits per heavy atom. The lowest BCUT2D eigenvalue weighted by atomic mass is 10.2. The second-order valence-corrected chi connectivity index (χ2v) is 8.33. The number of para-hydroxylation sites is 1. The first-order chi connectivity index (χ1) is 16.4. The average molecular weight is 473 g/mol. The molecule has 0 saturated heterocycles. The number of aryl methyl sites for hydroxylation is 1. The molecule has 0 unspecified atom stereocenters. The number of hydrogen-bond donors (Lipinski definition) is 1. The van der Waals surface area contributed by atoms with E-state index < -0.39 is 11.6 Å². The van der Waals surface area contributed by atoms with Crippen LogP contribution in [-0.4, -0.2) is 30.0 Å². The summed E-state index contributed by atoms with van der Waals surface area (Å²) in [5.41, 5.74) is 1.97. The molecule has 8 nitrogen and oxygen atoms in total. The smallest absolute Gasteiger partial charge is 0.280 e. The van der Waals surface area contributed by atoms with E-state index in [0.29, 0.717) is 33.1 Å². The zero-order chi connectivity index (χ0) is 23.8. The van der Waals surface area contributed by atoms with E-state index in [0.717, 1.165) is 5.69 Å². The van der Waals surface area contributed by atoms with E-state index in [1.54, 1.807) is 42.8 Å². The van der Waals surface area contributed by atoms with Gasteiger partial charge in [-0.1, -0.05) is 35.9 Å². The highest BCUT2D eigenvalue weighted by Gasteiger charge is 2.25. The van der Waals surface area contributed by atoms with E-state index >= 15 is 0 Å². The summed E-state index contributed by atoms with van der Waals surface area (Å²) in [5.74, 6) is 0.200. The molecular weight excluding hydrogens is 452 g/mol. The first-order valence-corrected chi connectivity index (χ1v) is 11.1. The van der Waals surface area contributed by atoms with Gasteiger partial charge in [0.2, 0.25) is 5.91 Å². The van der Waals surface area contributed by atoms with Crippen LogP contribution >= 0.6 is 11.6 Å². The molecule has 0 aliphatic rings. The van der Waals surface area contributed by atoms with Crippen LogP contribution in [0.3, 0.4) is 0 Å². The highest BCUT2D eigenvalue weighted by Crippen LogP contribution is 2.25. The minimum atomic E-state index is -0.868. The minimum absolute atomic E-state index is 0.381. The normalized spacial score (nSPS) is 12.1. The van der Waals surface area contributed by atoms with Gasteiger partial charge < -0.3 is 9.88 Å². The molecule has 0 radical (unpaired) electrons. The number of halogens is 1. The highest BCUT2D eigenvalue weighted by atomic mass is 35.5. The van der Waals surface area contributed by atoms with Crippen LogP contribution in [0.2, 0.25) is 5.02 Å². The molecule has 0 fully saturated rings. The minimum Gasteiger partial charge on any atom is -0.324 e. The number of fused-ring (bicyclic) bond motifs is 1. The van der Waals surface area contributed by atoms with Crippen LogP contribution in [0.1, 0.15) is 18.7 Å². The lowest BCUT2D eigenvalue weighted by Gasteiger charge is -2.15. The number of carbonyl (C=O) groups excluding carboxylic acids is 1. The van der Waals surface area contributed by atoms with Crippen LogP contribution in [0.5, 0.6) is 0 Å². The molecular formula is C25H21ClN6O2. The fourth-order valence-electron chi connectivity index (χ4n) is 3.88. The van der Waals surface area contributed by atoms with E-state index in [2.05, 4.69) is 10.4 Å². The molecule has 3 aromatic heterocycles. The van der Waals surface area contributed by atoms with Crippen molar-refractivity contribution in [3.63, 3.8) is 0 Å². The van der Waals surface area contributed by atoms with Crippen LogP contribution in [0, 0.1) is 6.92 Å². The second-order valence-electron chi connectivity index (χ2n) is 7.90. The van der Waals surface area contributed by atoms with Crippen molar-refractivity contribution in [1.29, 1.82) is 0 Å². The fourth-order valence-corrected chi connectivity index (χ4v) is 4.07. The van der Waals surface area contributed by atoms with Gasteiger partial charge in [-0.15, -0.1) is 0 Å². The number of amides is 1. The van der Waals surface area contributed by atoms with Gasteiger partial charge in [-0.25, -0.2) is 9.36 Å². The monoisotopic (exact) mass is 472 g/mol. The number of aromatic nitrogens is 5. The SMILES string of the molecule is Cc1nn([C@H](C)C(=O)Nc2cccc(Cl)c2)c(=O)c2c(-n3cccc3)n(-c3ccccc3)nc12. The summed E-state index contributed by atoms with van der Waals surface area (Å²) in [4.78, 5) is 26.7. The number of nitrogens with one attached hydrogen (secondary N) is 1. The molecule has 34 heavy (non-hydrogen) atoms. The molecule has 170 valence electrons. The van der Waals surface area contributed by atoms with Crippen LogP contribution in [-0.2, 0) is 4.79 Å². The Kier molecular flexibility index (Phi) is 5.51. The Morgan fingerprint density at radius 3 is 2.44 bits per heavy atom. The lowest BCUT2D eigenvalue weighted by molar-refractivity contribution is -0.119. The summed E-state index contributed by atoms with van der Waals surface area (Å²) >= 11 is 6.02. The molecule has 0 aliphatic heterocycles. The van der Waals surface area contributed by atoms with Gasteiger partial charge in [0.15, 0.2) is 5.82 Å². The van der Waals surface area contributed by atoms with Gasteiger partial charge in [0.25, 0.3) is 5.56 Å². The van der Waals surface area contributed by atoms with Gasteiger partial charge in [-0.2, -0.15) is 10.2 Å². The quantitative estimate of drug-likeness (QED) is 0.407. The summed E-state index contributed by atoms with van der Waals surface area (Å²) in [5, 5.41) is 12.9. The molecule has 2 aromatic carbocycles. The Balaban J connectivity index is 1.67. The average Bonchev–Trinajstić information content (AvgIpc) is 3.50. The molecule has 3 heterocycles. The van der Waals surface area contributed by atoms with Crippen molar-refractivity contribution < 1.29 is 4.79 Å². The van der Waals surface area contributed by atoms with Gasteiger partial charge in [0, 0.05) is 23.1 Å². The third-order valence-corrected chi connectivity index (χ3v) is 5.81. The molecule has 5 rings (SSSR count). The number of anilines is 1. The number of nitrogens with zero attached hydrogens (tertiary/aromatic N) is 5. The standard InChI is InChI=1S/C25H21ClN6O2/c1-16-22-21(24(30-13-6-7-14-30)32(29-22)20-11-4-3-5-12-20)25(34)31(28-16)17(2)23(33)27-19-10-8-9-18(26)15-19/h3-15,17H,1-2H3,(H,27,33)/t17-/m1/s1. The third kappa shape index (κ3) is 3.78. The third-order valence-electron chi connectivity index (χ3n) is 5.57.